The van der Waals surface area contributed by atoms with Crippen molar-refractivity contribution in [3.05, 3.63) is 93.5 Å². The maximum atomic E-state index is 2.44. The average molecular weight is 705 g/mol. The first-order valence-electron chi connectivity index (χ1n) is 14.3. The Kier molecular flexibility index (Phi) is 15.5. The predicted octanol–water partition coefficient (Wildman–Crippen LogP) is -3.85. The number of hydrogen-bond acceptors (Lipinski definition) is 3. The van der Waals surface area contributed by atoms with E-state index in [2.05, 4.69) is 160 Å². The normalized spacial score (nSPS) is 10.6. The summed E-state index contributed by atoms with van der Waals surface area (Å²) in [6.07, 6.45) is 0. The molecule has 0 atom stereocenters. The van der Waals surface area contributed by atoms with Gasteiger partial charge in [-0.15, -0.1) is 5.19 Å². The summed E-state index contributed by atoms with van der Waals surface area (Å²) in [6, 6.07) is 21.0. The van der Waals surface area contributed by atoms with E-state index < -0.39 is 8.07 Å². The quantitative estimate of drug-likeness (QED) is 0.111. The summed E-state index contributed by atoms with van der Waals surface area (Å²) in [6.45, 7) is 16.4. The number of halogens is 3. The first-order valence-corrected chi connectivity index (χ1v) is 16.3. The van der Waals surface area contributed by atoms with Crippen molar-refractivity contribution < 1.29 is 58.9 Å². The van der Waals surface area contributed by atoms with Crippen LogP contribution in [0.5, 0.6) is 0 Å². The molecule has 236 valence electrons. The molecule has 4 aromatic carbocycles. The van der Waals surface area contributed by atoms with Gasteiger partial charge in [0, 0.05) is 59.3 Å². The second-order valence-corrected chi connectivity index (χ2v) is 15.8. The van der Waals surface area contributed by atoms with E-state index in [1.54, 1.807) is 5.19 Å². The van der Waals surface area contributed by atoms with Gasteiger partial charge in [0.15, 0.2) is 0 Å². The Morgan fingerprint density at radius 3 is 0.909 bits per heavy atom. The SMILES string of the molecule is Cc1c(N(C)C)cccc1[Si](c1cccc(N(C)C)c1C)(c1cccc(N(C)C)c1C)[c-]1c(C)c(C)c(C)c1C.[Cl-].[Cl-].[Cl-].[Ti+4]. The van der Waals surface area contributed by atoms with E-state index in [-0.39, 0.29) is 58.9 Å². The van der Waals surface area contributed by atoms with Crippen molar-refractivity contribution in [1.82, 2.24) is 0 Å². The molecule has 0 saturated carbocycles. The molecule has 0 aliphatic heterocycles. The van der Waals surface area contributed by atoms with Crippen LogP contribution in [0.1, 0.15) is 38.9 Å². The van der Waals surface area contributed by atoms with Crippen LogP contribution in [0.3, 0.4) is 0 Å². The van der Waals surface area contributed by atoms with Gasteiger partial charge in [0.2, 0.25) is 0 Å². The van der Waals surface area contributed by atoms with Crippen molar-refractivity contribution in [2.24, 2.45) is 0 Å². The molecule has 0 fully saturated rings. The van der Waals surface area contributed by atoms with Crippen LogP contribution in [0, 0.1) is 48.5 Å². The summed E-state index contributed by atoms with van der Waals surface area (Å²) in [5.74, 6) is 0. The van der Waals surface area contributed by atoms with Crippen molar-refractivity contribution in [3.63, 3.8) is 0 Å². The molecule has 0 saturated heterocycles. The van der Waals surface area contributed by atoms with Gasteiger partial charge in [-0.1, -0.05) is 79.7 Å². The Bertz CT molecular complexity index is 1410. The molecule has 0 radical (unpaired) electrons. The zero-order valence-corrected chi connectivity index (χ0v) is 33.5. The smallest absolute Gasteiger partial charge is 1.00 e. The van der Waals surface area contributed by atoms with Gasteiger partial charge in [-0.05, 0) is 55.7 Å². The molecule has 3 nitrogen and oxygen atoms in total. The molecule has 0 spiro atoms. The summed E-state index contributed by atoms with van der Waals surface area (Å²) < 4.78 is 0. The molecule has 0 aliphatic carbocycles. The van der Waals surface area contributed by atoms with Gasteiger partial charge in [0.05, 0.1) is 0 Å². The largest absolute Gasteiger partial charge is 4.00 e. The van der Waals surface area contributed by atoms with E-state index in [0.29, 0.717) is 0 Å². The first kappa shape index (κ1) is 42.2. The van der Waals surface area contributed by atoms with Crippen LogP contribution in [0.25, 0.3) is 0 Å². The summed E-state index contributed by atoms with van der Waals surface area (Å²) in [7, 11) is 10.1. The van der Waals surface area contributed by atoms with E-state index in [1.165, 1.54) is 71.6 Å². The molecule has 4 rings (SSSR count). The van der Waals surface area contributed by atoms with E-state index in [0.717, 1.165) is 0 Å². The molecule has 0 heterocycles. The van der Waals surface area contributed by atoms with Gasteiger partial charge < -0.3 is 51.9 Å². The van der Waals surface area contributed by atoms with Crippen molar-refractivity contribution in [1.29, 1.82) is 0 Å². The van der Waals surface area contributed by atoms with Gasteiger partial charge in [-0.25, -0.2) is 0 Å². The maximum absolute atomic E-state index is 2.85. The summed E-state index contributed by atoms with van der Waals surface area (Å²) in [5.41, 5.74) is 13.7. The molecular formula is C36H48Cl3N3SiTi. The van der Waals surface area contributed by atoms with E-state index in [4.69, 9.17) is 0 Å². The van der Waals surface area contributed by atoms with E-state index >= 15 is 0 Å². The fourth-order valence-corrected chi connectivity index (χ4v) is 13.5. The van der Waals surface area contributed by atoms with Crippen LogP contribution in [-0.4, -0.2) is 50.4 Å². The summed E-state index contributed by atoms with van der Waals surface area (Å²) >= 11 is 0. The number of benzene rings is 3. The van der Waals surface area contributed by atoms with Crippen molar-refractivity contribution in [3.8, 4) is 0 Å². The van der Waals surface area contributed by atoms with Crippen molar-refractivity contribution >= 4 is 45.9 Å². The second-order valence-electron chi connectivity index (χ2n) is 12.2. The van der Waals surface area contributed by atoms with Gasteiger partial charge in [0.1, 0.15) is 8.07 Å². The third-order valence-electron chi connectivity index (χ3n) is 9.39. The second kappa shape index (κ2) is 16.2. The molecule has 4 aromatic rings. The molecule has 0 unspecified atom stereocenters. The van der Waals surface area contributed by atoms with E-state index in [1.807, 2.05) is 0 Å². The zero-order chi connectivity index (χ0) is 29.7. The molecule has 0 bridgehead atoms. The standard InChI is InChI=1S/C36H48N3Si.3ClH.Ti/c1-23-24(2)26(4)36(25(23)3)40(33-20-14-17-30(27(33)5)37(8)9,34-21-15-18-31(28(34)6)38(10)11)35-22-16-19-32(29(35)7)39(12)13;;;;/h14-22H,1-13H3;3*1H;/q-1;;;;+4/p-3. The minimum absolute atomic E-state index is 0. The zero-order valence-electron chi connectivity index (χ0n) is 28.7. The average Bonchev–Trinajstić information content (AvgIpc) is 3.09. The fourth-order valence-electron chi connectivity index (χ4n) is 7.16. The first-order chi connectivity index (χ1) is 18.8. The number of hydrogen-bond donors (Lipinski definition) is 0. The maximum Gasteiger partial charge on any atom is 4.00 e. The molecule has 44 heavy (non-hydrogen) atoms. The Morgan fingerprint density at radius 1 is 0.432 bits per heavy atom. The molecule has 8 heteroatoms. The van der Waals surface area contributed by atoms with E-state index in [9.17, 15) is 0 Å². The van der Waals surface area contributed by atoms with Crippen LogP contribution in [0.15, 0.2) is 54.6 Å². The molecular weight excluding hydrogens is 657 g/mol. The van der Waals surface area contributed by atoms with Gasteiger partial charge in [-0.2, -0.15) is 22.3 Å². The number of anilines is 3. The van der Waals surface area contributed by atoms with Crippen LogP contribution in [-0.2, 0) is 21.7 Å². The Hall–Kier alpha value is -1.79. The third kappa shape index (κ3) is 6.68. The number of nitrogens with zero attached hydrogens (tertiary/aromatic N) is 3. The van der Waals surface area contributed by atoms with Crippen molar-refractivity contribution in [2.45, 2.75) is 48.5 Å². The fraction of sp³-hybridized carbons (Fsp3) is 0.361. The molecule has 0 N–H and O–H groups in total. The summed E-state index contributed by atoms with van der Waals surface area (Å²) in [5, 5.41) is 5.99. The molecule has 0 amide bonds. The number of rotatable bonds is 7. The molecule has 0 aliphatic rings. The topological polar surface area (TPSA) is 9.72 Å². The Morgan fingerprint density at radius 2 is 0.682 bits per heavy atom. The Balaban J connectivity index is 0.00000462. The Labute approximate surface area is 301 Å². The van der Waals surface area contributed by atoms with Crippen LogP contribution in [0.2, 0.25) is 0 Å². The van der Waals surface area contributed by atoms with Gasteiger partial charge in [0.25, 0.3) is 0 Å². The molecule has 0 aromatic heterocycles. The van der Waals surface area contributed by atoms with Crippen LogP contribution in [0.4, 0.5) is 17.1 Å². The monoisotopic (exact) mass is 703 g/mol. The van der Waals surface area contributed by atoms with Crippen LogP contribution >= 0.6 is 0 Å². The predicted molar refractivity (Wildman–Crippen MR) is 182 cm³/mol. The van der Waals surface area contributed by atoms with Gasteiger partial charge in [-0.3, -0.25) is 0 Å². The third-order valence-corrected chi connectivity index (χ3v) is 14.9. The summed E-state index contributed by atoms with van der Waals surface area (Å²) in [4.78, 5) is 6.81. The van der Waals surface area contributed by atoms with Crippen molar-refractivity contribution in [2.75, 3.05) is 57.0 Å². The van der Waals surface area contributed by atoms with Crippen LogP contribution < -0.4 is 72.7 Å². The minimum Gasteiger partial charge on any atom is -1.00 e. The minimum atomic E-state index is -2.85. The van der Waals surface area contributed by atoms with Gasteiger partial charge >= 0.3 is 21.7 Å².